The second-order valence-electron chi connectivity index (χ2n) is 5.80. The van der Waals surface area contributed by atoms with Crippen molar-refractivity contribution in [1.82, 2.24) is 5.32 Å². The molecule has 128 valence electrons. The molecule has 0 aliphatic carbocycles. The average molecular weight is 354 g/mol. The van der Waals surface area contributed by atoms with Crippen molar-refractivity contribution in [2.24, 2.45) is 4.40 Å². The van der Waals surface area contributed by atoms with E-state index in [0.29, 0.717) is 16.8 Å². The summed E-state index contributed by atoms with van der Waals surface area (Å²) in [5.41, 5.74) is 1.48. The molecule has 2 aromatic carbocycles. The molecule has 5 nitrogen and oxygen atoms in total. The number of rotatable bonds is 4. The van der Waals surface area contributed by atoms with Gasteiger partial charge in [0.2, 0.25) is 0 Å². The van der Waals surface area contributed by atoms with E-state index in [2.05, 4.69) is 9.71 Å². The number of carbonyl (C=O) groups is 1. The van der Waals surface area contributed by atoms with E-state index in [-0.39, 0.29) is 23.1 Å². The zero-order valence-electron chi connectivity index (χ0n) is 13.7. The van der Waals surface area contributed by atoms with Gasteiger partial charge in [-0.05, 0) is 19.1 Å². The van der Waals surface area contributed by atoms with Gasteiger partial charge in [-0.2, -0.15) is 12.8 Å². The number of Topliss-reactive ketones (excluding diaryl/α,β-unsaturated/α-hetero) is 1. The highest BCUT2D eigenvalue weighted by molar-refractivity contribution is 7.90. The second-order valence-corrected chi connectivity index (χ2v) is 7.40. The molecule has 25 heavy (non-hydrogen) atoms. The van der Waals surface area contributed by atoms with E-state index < -0.39 is 10.0 Å². The third-order valence-corrected chi connectivity index (χ3v) is 5.33. The second kappa shape index (κ2) is 7.03. The Morgan fingerprint density at radius 2 is 1.64 bits per heavy atom. The molecule has 0 spiro atoms. The minimum absolute atomic E-state index is 0.134. The van der Waals surface area contributed by atoms with Crippen LogP contribution < -0.4 is 5.32 Å². The molecular formula is C19H18N2O3S. The van der Waals surface area contributed by atoms with E-state index in [1.807, 2.05) is 13.0 Å². The minimum atomic E-state index is -3.80. The van der Waals surface area contributed by atoms with E-state index in [1.54, 1.807) is 48.7 Å². The highest BCUT2D eigenvalue weighted by atomic mass is 32.2. The molecule has 1 N–H and O–H groups in total. The normalized spacial score (nSPS) is 19.2. The molecule has 0 fully saturated rings. The molecule has 1 unspecified atom stereocenters. The van der Waals surface area contributed by atoms with Crippen LogP contribution in [0.15, 0.2) is 81.7 Å². The Kier molecular flexibility index (Phi) is 4.81. The van der Waals surface area contributed by atoms with Crippen LogP contribution in [0.5, 0.6) is 0 Å². The topological polar surface area (TPSA) is 75.6 Å². The lowest BCUT2D eigenvalue weighted by molar-refractivity contribution is 0.103. The molecule has 0 amide bonds. The first-order chi connectivity index (χ1) is 12.0. The van der Waals surface area contributed by atoms with Crippen molar-refractivity contribution in [3.63, 3.8) is 0 Å². The summed E-state index contributed by atoms with van der Waals surface area (Å²) in [6, 6.07) is 16.7. The van der Waals surface area contributed by atoms with Crippen LogP contribution in [0.3, 0.4) is 0 Å². The van der Waals surface area contributed by atoms with E-state index in [0.717, 1.165) is 0 Å². The number of sulfonamides is 1. The van der Waals surface area contributed by atoms with Crippen molar-refractivity contribution in [3.05, 3.63) is 78.0 Å². The van der Waals surface area contributed by atoms with Crippen molar-refractivity contribution in [2.75, 3.05) is 0 Å². The smallest absolute Gasteiger partial charge is 0.282 e. The summed E-state index contributed by atoms with van der Waals surface area (Å²) >= 11 is 0. The molecule has 1 aliphatic heterocycles. The maximum absolute atomic E-state index is 12.6. The Morgan fingerprint density at radius 3 is 2.28 bits per heavy atom. The zero-order chi connectivity index (χ0) is 17.9. The van der Waals surface area contributed by atoms with Crippen LogP contribution in [0.2, 0.25) is 0 Å². The number of ketones is 1. The summed E-state index contributed by atoms with van der Waals surface area (Å²) in [6.07, 6.45) is 1.85. The maximum Gasteiger partial charge on any atom is 0.282 e. The maximum atomic E-state index is 12.6. The van der Waals surface area contributed by atoms with Crippen molar-refractivity contribution in [3.8, 4) is 0 Å². The fourth-order valence-electron chi connectivity index (χ4n) is 2.55. The summed E-state index contributed by atoms with van der Waals surface area (Å²) < 4.78 is 28.9. The van der Waals surface area contributed by atoms with Crippen molar-refractivity contribution < 1.29 is 13.2 Å². The molecule has 0 saturated heterocycles. The van der Waals surface area contributed by atoms with Crippen molar-refractivity contribution in [2.45, 2.75) is 24.3 Å². The Morgan fingerprint density at radius 1 is 1.04 bits per heavy atom. The van der Waals surface area contributed by atoms with Crippen LogP contribution in [0, 0.1) is 0 Å². The van der Waals surface area contributed by atoms with Gasteiger partial charge in [-0.25, -0.2) is 0 Å². The molecule has 6 heteroatoms. The number of hydrogen-bond acceptors (Lipinski definition) is 4. The Labute approximate surface area is 147 Å². The lowest BCUT2D eigenvalue weighted by Gasteiger charge is -2.22. The van der Waals surface area contributed by atoms with Gasteiger partial charge in [-0.3, -0.25) is 4.79 Å². The monoisotopic (exact) mass is 354 g/mol. The quantitative estimate of drug-likeness (QED) is 0.857. The Bertz CT molecular complexity index is 933. The molecule has 0 saturated carbocycles. The number of allylic oxidation sites excluding steroid dienone is 1. The molecule has 0 aromatic heterocycles. The molecule has 1 atom stereocenters. The number of nitrogens with one attached hydrogen (secondary N) is 1. The molecule has 2 aromatic rings. The van der Waals surface area contributed by atoms with Gasteiger partial charge in [0.1, 0.15) is 0 Å². The van der Waals surface area contributed by atoms with Gasteiger partial charge in [0.25, 0.3) is 10.0 Å². The van der Waals surface area contributed by atoms with Gasteiger partial charge in [0.05, 0.1) is 16.6 Å². The van der Waals surface area contributed by atoms with Gasteiger partial charge in [0, 0.05) is 23.8 Å². The third-order valence-electron chi connectivity index (χ3n) is 3.99. The van der Waals surface area contributed by atoms with E-state index in [9.17, 15) is 13.2 Å². The van der Waals surface area contributed by atoms with Crippen LogP contribution in [0.1, 0.15) is 23.7 Å². The fraction of sp³-hybridized carbons (Fsp3) is 0.158. The van der Waals surface area contributed by atoms with E-state index >= 15 is 0 Å². The van der Waals surface area contributed by atoms with Gasteiger partial charge >= 0.3 is 0 Å². The predicted molar refractivity (Wildman–Crippen MR) is 97.1 cm³/mol. The summed E-state index contributed by atoms with van der Waals surface area (Å²) in [5, 5.41) is 3.03. The summed E-state index contributed by atoms with van der Waals surface area (Å²) in [4.78, 5) is 12.7. The Hall–Kier alpha value is -2.73. The fourth-order valence-corrected chi connectivity index (χ4v) is 3.69. The summed E-state index contributed by atoms with van der Waals surface area (Å²) in [7, 11) is -3.80. The van der Waals surface area contributed by atoms with Crippen LogP contribution in [0.4, 0.5) is 0 Å². The van der Waals surface area contributed by atoms with Gasteiger partial charge in [0.15, 0.2) is 5.78 Å². The molecule has 0 bridgehead atoms. The molecule has 1 aliphatic rings. The number of nitrogens with zero attached hydrogens (tertiary/aromatic N) is 1. The number of carbonyl (C=O) groups excluding carboxylic acids is 1. The van der Waals surface area contributed by atoms with Crippen LogP contribution in [0.25, 0.3) is 0 Å². The van der Waals surface area contributed by atoms with E-state index in [1.165, 1.54) is 12.1 Å². The lowest BCUT2D eigenvalue weighted by Crippen LogP contribution is -2.36. The van der Waals surface area contributed by atoms with Crippen molar-refractivity contribution in [1.29, 1.82) is 0 Å². The molecule has 1 heterocycles. The van der Waals surface area contributed by atoms with Gasteiger partial charge in [-0.1, -0.05) is 48.5 Å². The first-order valence-electron chi connectivity index (χ1n) is 7.91. The van der Waals surface area contributed by atoms with Crippen LogP contribution in [-0.4, -0.2) is 26.0 Å². The lowest BCUT2D eigenvalue weighted by atomic mass is 9.95. The number of hydrogen-bond donors (Lipinski definition) is 1. The molecular weight excluding hydrogens is 336 g/mol. The molecule has 0 radical (unpaired) electrons. The minimum Gasteiger partial charge on any atom is -0.383 e. The first kappa shape index (κ1) is 17.1. The zero-order valence-corrected chi connectivity index (χ0v) is 14.5. The van der Waals surface area contributed by atoms with Gasteiger partial charge < -0.3 is 5.32 Å². The molecule has 3 rings (SSSR count). The predicted octanol–water partition coefficient (Wildman–Crippen LogP) is 2.96. The van der Waals surface area contributed by atoms with Crippen LogP contribution in [-0.2, 0) is 10.0 Å². The summed E-state index contributed by atoms with van der Waals surface area (Å²) in [6.45, 7) is 1.82. The highest BCUT2D eigenvalue weighted by Gasteiger charge is 2.24. The van der Waals surface area contributed by atoms with Gasteiger partial charge in [-0.15, -0.1) is 0 Å². The van der Waals surface area contributed by atoms with Crippen molar-refractivity contribution >= 4 is 21.5 Å². The summed E-state index contributed by atoms with van der Waals surface area (Å²) in [5.74, 6) is -0.134. The SMILES string of the molecule is CC1NC=C(C(=O)c2ccccc2)CC1=NS(=O)(=O)c1ccccc1. The third kappa shape index (κ3) is 3.85. The average Bonchev–Trinajstić information content (AvgIpc) is 2.64. The van der Waals surface area contributed by atoms with Crippen LogP contribution >= 0.6 is 0 Å². The first-order valence-corrected chi connectivity index (χ1v) is 9.35. The number of benzene rings is 2. The largest absolute Gasteiger partial charge is 0.383 e. The van der Waals surface area contributed by atoms with E-state index in [4.69, 9.17) is 0 Å². The highest BCUT2D eigenvalue weighted by Crippen LogP contribution is 2.20. The Balaban J connectivity index is 1.89. The standard InChI is InChI=1S/C19H18N2O3S/c1-14-18(21-25(23,24)17-10-6-3-7-11-17)12-16(13-20-14)19(22)15-8-4-2-5-9-15/h2-11,13-14,20H,12H2,1H3.